The molecule has 0 saturated heterocycles. The summed E-state index contributed by atoms with van der Waals surface area (Å²) in [6.45, 7) is 3.62. The van der Waals surface area contributed by atoms with Crippen molar-refractivity contribution in [2.75, 3.05) is 5.32 Å². The van der Waals surface area contributed by atoms with Gasteiger partial charge in [0.1, 0.15) is 12.8 Å². The van der Waals surface area contributed by atoms with Crippen LogP contribution in [0.5, 0.6) is 0 Å². The van der Waals surface area contributed by atoms with Crippen LogP contribution < -0.4 is 5.32 Å². The quantitative estimate of drug-likeness (QED) is 0.941. The maximum atomic E-state index is 12.5. The van der Waals surface area contributed by atoms with E-state index in [9.17, 15) is 18.0 Å². The van der Waals surface area contributed by atoms with Crippen LogP contribution in [0.25, 0.3) is 0 Å². The van der Waals surface area contributed by atoms with Crippen molar-refractivity contribution in [3.05, 3.63) is 28.8 Å². The van der Waals surface area contributed by atoms with E-state index < -0.39 is 18.6 Å². The third kappa shape index (κ3) is 3.66. The first-order chi connectivity index (χ1) is 10.2. The summed E-state index contributed by atoms with van der Waals surface area (Å²) in [5.41, 5.74) is 1.85. The number of aromatic nitrogens is 3. The standard InChI is InChI=1S/C13H15F3N4O2/c1-7-5-22-19-12(7)17-11(21)4-10-8(2)18-20(9(10)3)6-13(14,15)16/h5H,4,6H2,1-3H3,(H,17,19,21). The highest BCUT2D eigenvalue weighted by Crippen LogP contribution is 2.21. The van der Waals surface area contributed by atoms with Crippen molar-refractivity contribution >= 4 is 11.7 Å². The molecule has 0 aliphatic carbocycles. The average Bonchev–Trinajstić information content (AvgIpc) is 2.87. The molecule has 0 bridgehead atoms. The van der Waals surface area contributed by atoms with Crippen LogP contribution >= 0.6 is 0 Å². The van der Waals surface area contributed by atoms with Gasteiger partial charge in [-0.15, -0.1) is 0 Å². The van der Waals surface area contributed by atoms with Gasteiger partial charge in [-0.1, -0.05) is 5.16 Å². The Morgan fingerprint density at radius 2 is 2.05 bits per heavy atom. The van der Waals surface area contributed by atoms with Gasteiger partial charge in [-0.2, -0.15) is 18.3 Å². The molecule has 0 aromatic carbocycles. The largest absolute Gasteiger partial charge is 0.408 e. The molecule has 0 aliphatic rings. The molecule has 1 N–H and O–H groups in total. The summed E-state index contributed by atoms with van der Waals surface area (Å²) in [5.74, 6) is -0.0993. The number of nitrogens with zero attached hydrogens (tertiary/aromatic N) is 3. The number of hydrogen-bond donors (Lipinski definition) is 1. The lowest BCUT2D eigenvalue weighted by Gasteiger charge is -2.08. The summed E-state index contributed by atoms with van der Waals surface area (Å²) >= 11 is 0. The van der Waals surface area contributed by atoms with Crippen LogP contribution in [0.15, 0.2) is 10.8 Å². The number of halogens is 3. The Labute approximate surface area is 124 Å². The maximum absolute atomic E-state index is 12.5. The zero-order chi connectivity index (χ0) is 16.5. The van der Waals surface area contributed by atoms with E-state index in [1.807, 2.05) is 0 Å². The molecule has 1 amide bonds. The minimum atomic E-state index is -4.36. The second-order valence-corrected chi connectivity index (χ2v) is 4.99. The van der Waals surface area contributed by atoms with E-state index in [0.29, 0.717) is 28.3 Å². The van der Waals surface area contributed by atoms with Gasteiger partial charge in [-0.3, -0.25) is 9.48 Å². The lowest BCUT2D eigenvalue weighted by molar-refractivity contribution is -0.142. The molecule has 0 fully saturated rings. The van der Waals surface area contributed by atoms with Gasteiger partial charge < -0.3 is 9.84 Å². The number of hydrogen-bond acceptors (Lipinski definition) is 4. The molecule has 0 unspecified atom stereocenters. The van der Waals surface area contributed by atoms with E-state index in [1.165, 1.54) is 13.2 Å². The van der Waals surface area contributed by atoms with Crippen molar-refractivity contribution in [3.8, 4) is 0 Å². The molecule has 2 aromatic heterocycles. The molecule has 9 heteroatoms. The number of aryl methyl sites for hydroxylation is 2. The van der Waals surface area contributed by atoms with E-state index in [0.717, 1.165) is 4.68 Å². The highest BCUT2D eigenvalue weighted by Gasteiger charge is 2.30. The van der Waals surface area contributed by atoms with Crippen LogP contribution in [0, 0.1) is 20.8 Å². The molecule has 0 radical (unpaired) electrons. The second kappa shape index (κ2) is 5.82. The summed E-state index contributed by atoms with van der Waals surface area (Å²) < 4.78 is 42.9. The average molecular weight is 316 g/mol. The second-order valence-electron chi connectivity index (χ2n) is 4.99. The van der Waals surface area contributed by atoms with Gasteiger partial charge in [0.2, 0.25) is 5.91 Å². The minimum absolute atomic E-state index is 0.0815. The van der Waals surface area contributed by atoms with Crippen LogP contribution in [0.1, 0.15) is 22.5 Å². The Kier molecular flexibility index (Phi) is 4.25. The zero-order valence-corrected chi connectivity index (χ0v) is 12.3. The number of rotatable bonds is 4. The van der Waals surface area contributed by atoms with Crippen LogP contribution in [-0.2, 0) is 17.8 Å². The Morgan fingerprint density at radius 3 is 2.59 bits per heavy atom. The molecule has 0 aliphatic heterocycles. The Balaban J connectivity index is 2.13. The highest BCUT2D eigenvalue weighted by atomic mass is 19.4. The van der Waals surface area contributed by atoms with Gasteiger partial charge in [0, 0.05) is 16.8 Å². The first-order valence-corrected chi connectivity index (χ1v) is 6.48. The number of anilines is 1. The van der Waals surface area contributed by atoms with Crippen molar-refractivity contribution in [2.24, 2.45) is 0 Å². The number of alkyl halides is 3. The monoisotopic (exact) mass is 316 g/mol. The predicted octanol–water partition coefficient (Wildman–Crippen LogP) is 2.54. The summed E-state index contributed by atoms with van der Waals surface area (Å²) in [5, 5.41) is 10.0. The lowest BCUT2D eigenvalue weighted by Crippen LogP contribution is -2.20. The van der Waals surface area contributed by atoms with Gasteiger partial charge in [-0.25, -0.2) is 0 Å². The number of carbonyl (C=O) groups excluding carboxylic acids is 1. The molecule has 2 rings (SSSR count). The van der Waals surface area contributed by atoms with Crippen LogP contribution in [0.4, 0.5) is 19.0 Å². The number of nitrogens with one attached hydrogen (secondary N) is 1. The van der Waals surface area contributed by atoms with Crippen molar-refractivity contribution in [3.63, 3.8) is 0 Å². The van der Waals surface area contributed by atoms with Gasteiger partial charge >= 0.3 is 6.18 Å². The smallest absolute Gasteiger partial charge is 0.362 e. The third-order valence-electron chi connectivity index (χ3n) is 3.20. The molecule has 22 heavy (non-hydrogen) atoms. The Hall–Kier alpha value is -2.32. The summed E-state index contributed by atoms with van der Waals surface area (Å²) in [6.07, 6.45) is -3.06. The van der Waals surface area contributed by atoms with E-state index >= 15 is 0 Å². The molecule has 2 aromatic rings. The van der Waals surface area contributed by atoms with Crippen LogP contribution in [-0.4, -0.2) is 27.0 Å². The molecule has 6 nitrogen and oxygen atoms in total. The van der Waals surface area contributed by atoms with Crippen LogP contribution in [0.3, 0.4) is 0 Å². The Morgan fingerprint density at radius 1 is 1.36 bits per heavy atom. The number of carbonyl (C=O) groups is 1. The fourth-order valence-corrected chi connectivity index (χ4v) is 2.06. The predicted molar refractivity (Wildman–Crippen MR) is 71.3 cm³/mol. The highest BCUT2D eigenvalue weighted by molar-refractivity contribution is 5.92. The van der Waals surface area contributed by atoms with Crippen molar-refractivity contribution in [1.82, 2.24) is 14.9 Å². The summed E-state index contributed by atoms with van der Waals surface area (Å²) in [7, 11) is 0. The van der Waals surface area contributed by atoms with Crippen molar-refractivity contribution < 1.29 is 22.5 Å². The topological polar surface area (TPSA) is 73.0 Å². The van der Waals surface area contributed by atoms with Gasteiger partial charge in [-0.05, 0) is 20.8 Å². The van der Waals surface area contributed by atoms with E-state index in [1.54, 1.807) is 13.8 Å². The minimum Gasteiger partial charge on any atom is -0.362 e. The molecule has 120 valence electrons. The first-order valence-electron chi connectivity index (χ1n) is 6.48. The fraction of sp³-hybridized carbons (Fsp3) is 0.462. The normalized spacial score (nSPS) is 11.7. The lowest BCUT2D eigenvalue weighted by atomic mass is 10.1. The molecule has 2 heterocycles. The molecule has 0 saturated carbocycles. The van der Waals surface area contributed by atoms with E-state index in [-0.39, 0.29) is 6.42 Å². The third-order valence-corrected chi connectivity index (χ3v) is 3.20. The summed E-state index contributed by atoms with van der Waals surface area (Å²) in [4.78, 5) is 12.0. The Bertz CT molecular complexity index is 688. The molecule has 0 atom stereocenters. The number of amides is 1. The zero-order valence-electron chi connectivity index (χ0n) is 12.3. The van der Waals surface area contributed by atoms with Gasteiger partial charge in [0.05, 0.1) is 12.1 Å². The SMILES string of the molecule is Cc1conc1NC(=O)Cc1c(C)nn(CC(F)(F)F)c1C. The van der Waals surface area contributed by atoms with E-state index in [4.69, 9.17) is 4.52 Å². The van der Waals surface area contributed by atoms with Gasteiger partial charge in [0.25, 0.3) is 0 Å². The molecule has 0 spiro atoms. The van der Waals surface area contributed by atoms with Crippen molar-refractivity contribution in [1.29, 1.82) is 0 Å². The maximum Gasteiger partial charge on any atom is 0.408 e. The fourth-order valence-electron chi connectivity index (χ4n) is 2.06. The first kappa shape index (κ1) is 16.1. The van der Waals surface area contributed by atoms with E-state index in [2.05, 4.69) is 15.6 Å². The summed E-state index contributed by atoms with van der Waals surface area (Å²) in [6, 6.07) is 0. The molecular weight excluding hydrogens is 301 g/mol. The van der Waals surface area contributed by atoms with Gasteiger partial charge in [0.15, 0.2) is 5.82 Å². The molecular formula is C13H15F3N4O2. The van der Waals surface area contributed by atoms with Crippen molar-refractivity contribution in [2.45, 2.75) is 39.9 Å². The van der Waals surface area contributed by atoms with Crippen LogP contribution in [0.2, 0.25) is 0 Å².